The second kappa shape index (κ2) is 7.59. The predicted octanol–water partition coefficient (Wildman–Crippen LogP) is -1.90. The van der Waals surface area contributed by atoms with Gasteiger partial charge in [-0.2, -0.15) is 5.26 Å². The summed E-state index contributed by atoms with van der Waals surface area (Å²) < 4.78 is 0.117. The predicted molar refractivity (Wildman–Crippen MR) is 127 cm³/mol. The van der Waals surface area contributed by atoms with Gasteiger partial charge >= 0.3 is 0 Å². The highest BCUT2D eigenvalue weighted by Crippen LogP contribution is 2.60. The van der Waals surface area contributed by atoms with E-state index in [9.17, 15) is 40.1 Å². The van der Waals surface area contributed by atoms with Gasteiger partial charge in [0.25, 0.3) is 5.91 Å². The van der Waals surface area contributed by atoms with Crippen LogP contribution in [-0.2, 0) is 14.4 Å². The Balaban J connectivity index is 2.23. The van der Waals surface area contributed by atoms with Gasteiger partial charge in [-0.05, 0) is 41.7 Å². The summed E-state index contributed by atoms with van der Waals surface area (Å²) in [5, 5.41) is 55.0. The van der Waals surface area contributed by atoms with Crippen molar-refractivity contribution in [3.8, 4) is 11.8 Å². The summed E-state index contributed by atoms with van der Waals surface area (Å²) in [5.41, 5.74) is 14.6. The average Bonchev–Trinajstić information content (AvgIpc) is 2.78. The standard InChI is InChI=1S/C22H23BrN6O7/c1-29(2)15-13(32)9(18(26)35)16(33)20(5-24)17(34)10-12(31)8-6(3-4-7(23)11(8)30)14(25)21(10,27)19(36)22(15,20)28/h3-4,14-15,19,30-31,33,36H,25,27-28H2,1-2H3,(H2,26,35)/t14-,15+,19-,20-,21+,22-/m0/s1. The van der Waals surface area contributed by atoms with Crippen LogP contribution in [0.15, 0.2) is 33.5 Å². The van der Waals surface area contributed by atoms with Crippen molar-refractivity contribution >= 4 is 39.2 Å². The fourth-order valence-electron chi connectivity index (χ4n) is 5.85. The molecule has 0 aliphatic heterocycles. The molecule has 0 radical (unpaired) electrons. The molecular weight excluding hydrogens is 540 g/mol. The lowest BCUT2D eigenvalue weighted by molar-refractivity contribution is -0.153. The van der Waals surface area contributed by atoms with E-state index in [0.717, 1.165) is 4.90 Å². The third kappa shape index (κ3) is 2.51. The lowest BCUT2D eigenvalue weighted by Crippen LogP contribution is -2.87. The van der Waals surface area contributed by atoms with Crippen molar-refractivity contribution in [1.82, 2.24) is 4.90 Å². The number of Topliss-reactive ketones (excluding diaryl/α,β-unsaturated/α-hetero) is 2. The molecule has 12 N–H and O–H groups in total. The Labute approximate surface area is 212 Å². The smallest absolute Gasteiger partial charge is 0.255 e. The maximum Gasteiger partial charge on any atom is 0.255 e. The van der Waals surface area contributed by atoms with Gasteiger partial charge in [0.1, 0.15) is 34.5 Å². The Bertz CT molecular complexity index is 1380. The molecule has 1 aromatic rings. The van der Waals surface area contributed by atoms with Crippen molar-refractivity contribution in [3.63, 3.8) is 0 Å². The zero-order valence-corrected chi connectivity index (χ0v) is 20.6. The Hall–Kier alpha value is -3.32. The van der Waals surface area contributed by atoms with Gasteiger partial charge in [-0.15, -0.1) is 0 Å². The van der Waals surface area contributed by atoms with Crippen molar-refractivity contribution in [2.24, 2.45) is 28.3 Å². The number of hydrogen-bond acceptors (Lipinski definition) is 12. The minimum atomic E-state index is -3.01. The number of nitrogens with zero attached hydrogens (tertiary/aromatic N) is 2. The summed E-state index contributed by atoms with van der Waals surface area (Å²) in [4.78, 5) is 40.8. The van der Waals surface area contributed by atoms with Gasteiger partial charge in [0, 0.05) is 0 Å². The van der Waals surface area contributed by atoms with Gasteiger partial charge in [-0.3, -0.25) is 19.3 Å². The summed E-state index contributed by atoms with van der Waals surface area (Å²) in [6.07, 6.45) is -2.25. The monoisotopic (exact) mass is 562 g/mol. The first-order chi connectivity index (χ1) is 16.6. The van der Waals surface area contributed by atoms with Crippen LogP contribution in [0.1, 0.15) is 17.2 Å². The molecule has 0 spiro atoms. The summed E-state index contributed by atoms with van der Waals surface area (Å²) >= 11 is 3.10. The van der Waals surface area contributed by atoms with Crippen LogP contribution in [0.2, 0.25) is 0 Å². The second-order valence-corrected chi connectivity index (χ2v) is 10.2. The number of carbonyl (C=O) groups excluding carboxylic acids is 3. The van der Waals surface area contributed by atoms with Gasteiger partial charge in [0.05, 0.1) is 39.3 Å². The number of rotatable bonds is 2. The number of nitrogens with two attached hydrogens (primary N) is 4. The van der Waals surface area contributed by atoms with Crippen LogP contribution in [0.5, 0.6) is 5.75 Å². The Morgan fingerprint density at radius 3 is 2.28 bits per heavy atom. The first-order valence-electron chi connectivity index (χ1n) is 10.4. The summed E-state index contributed by atoms with van der Waals surface area (Å²) in [6, 6.07) is 1.07. The summed E-state index contributed by atoms with van der Waals surface area (Å²) in [6.45, 7) is 0. The van der Waals surface area contributed by atoms with E-state index in [2.05, 4.69) is 15.9 Å². The molecule has 14 heteroatoms. The number of fused-ring (bicyclic) bond motifs is 3. The normalized spacial score (nSPS) is 35.8. The molecule has 1 amide bonds. The fourth-order valence-corrected chi connectivity index (χ4v) is 6.18. The highest BCUT2D eigenvalue weighted by molar-refractivity contribution is 9.10. The van der Waals surface area contributed by atoms with Crippen molar-refractivity contribution in [1.29, 1.82) is 5.26 Å². The fraction of sp³-hybridized carbons (Fsp3) is 0.364. The van der Waals surface area contributed by atoms with E-state index in [-0.39, 0.29) is 15.6 Å². The van der Waals surface area contributed by atoms with E-state index < -0.39 is 80.6 Å². The third-order valence-electron chi connectivity index (χ3n) is 7.51. The van der Waals surface area contributed by atoms with Gasteiger partial charge in [-0.25, -0.2) is 0 Å². The molecule has 13 nitrogen and oxygen atoms in total. The number of phenols is 1. The van der Waals surface area contributed by atoms with Gasteiger partial charge in [-0.1, -0.05) is 6.07 Å². The molecule has 0 bridgehead atoms. The van der Waals surface area contributed by atoms with Gasteiger partial charge < -0.3 is 43.4 Å². The van der Waals surface area contributed by atoms with Crippen LogP contribution in [0.25, 0.3) is 5.76 Å². The minimum Gasteiger partial charge on any atom is -0.509 e. The molecule has 36 heavy (non-hydrogen) atoms. The number of aliphatic hydroxyl groups excluding tert-OH is 3. The van der Waals surface area contributed by atoms with Gasteiger partial charge in [0.2, 0.25) is 0 Å². The average molecular weight is 563 g/mol. The summed E-state index contributed by atoms with van der Waals surface area (Å²) in [7, 11) is 2.66. The van der Waals surface area contributed by atoms with E-state index in [1.54, 1.807) is 6.07 Å². The Morgan fingerprint density at radius 2 is 1.78 bits per heavy atom. The van der Waals surface area contributed by atoms with E-state index in [1.165, 1.54) is 26.2 Å². The summed E-state index contributed by atoms with van der Waals surface area (Å²) in [5.74, 6) is -6.85. The molecule has 0 saturated heterocycles. The van der Waals surface area contributed by atoms with Crippen LogP contribution in [0.3, 0.4) is 0 Å². The highest BCUT2D eigenvalue weighted by atomic mass is 79.9. The number of amides is 1. The topological polar surface area (TPSA) is 263 Å². The van der Waals surface area contributed by atoms with Crippen LogP contribution < -0.4 is 22.9 Å². The number of aliphatic hydroxyl groups is 3. The lowest BCUT2D eigenvalue weighted by Gasteiger charge is -2.62. The van der Waals surface area contributed by atoms with Crippen LogP contribution in [0.4, 0.5) is 0 Å². The molecule has 4 rings (SSSR count). The quantitative estimate of drug-likeness (QED) is 0.183. The molecule has 0 heterocycles. The number of nitriles is 1. The molecule has 6 atom stereocenters. The lowest BCUT2D eigenvalue weighted by atomic mass is 9.45. The number of primary amides is 1. The third-order valence-corrected chi connectivity index (χ3v) is 8.15. The highest BCUT2D eigenvalue weighted by Gasteiger charge is 2.79. The van der Waals surface area contributed by atoms with E-state index in [1.807, 2.05) is 0 Å². The Morgan fingerprint density at radius 1 is 1.19 bits per heavy atom. The minimum absolute atomic E-state index is 0.0282. The molecule has 190 valence electrons. The number of hydrogen-bond donors (Lipinski definition) is 8. The molecular formula is C22H23BrN6O7. The van der Waals surface area contributed by atoms with Crippen molar-refractivity contribution in [3.05, 3.63) is 44.6 Å². The first-order valence-corrected chi connectivity index (χ1v) is 11.2. The zero-order chi connectivity index (χ0) is 27.3. The number of carbonyl (C=O) groups is 3. The number of phenolic OH excluding ortho intramolecular Hbond substituents is 1. The molecule has 0 unspecified atom stereocenters. The van der Waals surface area contributed by atoms with Gasteiger partial charge in [0.15, 0.2) is 17.0 Å². The zero-order valence-electron chi connectivity index (χ0n) is 19.0. The van der Waals surface area contributed by atoms with E-state index in [4.69, 9.17) is 22.9 Å². The van der Waals surface area contributed by atoms with E-state index in [0.29, 0.717) is 0 Å². The van der Waals surface area contributed by atoms with E-state index >= 15 is 0 Å². The SMILES string of the molecule is CN(C)[C@@H]1C(=O)C(C(N)=O)=C(O)[C@@]2(C#N)C(=O)C3=C(O)c4c(ccc(Br)c4O)[C@H](N)[C@@]3(N)[C@H](O)[C@@]12N. The van der Waals surface area contributed by atoms with Crippen LogP contribution in [-0.4, -0.2) is 80.1 Å². The molecule has 3 aliphatic rings. The molecule has 1 saturated carbocycles. The number of likely N-dealkylation sites (N-methyl/N-ethyl adjacent to an activating group) is 1. The van der Waals surface area contributed by atoms with Crippen molar-refractivity contribution in [2.45, 2.75) is 29.3 Å². The van der Waals surface area contributed by atoms with Crippen LogP contribution in [0, 0.1) is 16.7 Å². The number of ketones is 2. The number of benzene rings is 1. The maximum atomic E-state index is 14.2. The van der Waals surface area contributed by atoms with Crippen molar-refractivity contribution in [2.75, 3.05) is 14.1 Å². The van der Waals surface area contributed by atoms with Crippen molar-refractivity contribution < 1.29 is 34.8 Å². The molecule has 1 aromatic carbocycles. The maximum absolute atomic E-state index is 14.2. The number of aromatic hydroxyl groups is 1. The Kier molecular flexibility index (Phi) is 5.43. The number of halogens is 1. The first kappa shape index (κ1) is 25.8. The van der Waals surface area contributed by atoms with Crippen LogP contribution >= 0.6 is 15.9 Å². The largest absolute Gasteiger partial charge is 0.509 e. The molecule has 3 aliphatic carbocycles. The molecule has 1 fully saturated rings. The molecule has 0 aromatic heterocycles. The second-order valence-electron chi connectivity index (χ2n) is 9.34.